The second kappa shape index (κ2) is 7.12. The molecule has 0 radical (unpaired) electrons. The molecule has 0 aliphatic heterocycles. The van der Waals surface area contributed by atoms with Gasteiger partial charge >= 0.3 is 0 Å². The van der Waals surface area contributed by atoms with Crippen LogP contribution in [0.15, 0.2) is 18.2 Å². The predicted molar refractivity (Wildman–Crippen MR) is 81.6 cm³/mol. The molecule has 3 heteroatoms. The van der Waals surface area contributed by atoms with Crippen molar-refractivity contribution in [2.24, 2.45) is 0 Å². The Labute approximate surface area is 121 Å². The van der Waals surface area contributed by atoms with Crippen LogP contribution in [0.25, 0.3) is 0 Å². The van der Waals surface area contributed by atoms with Crippen molar-refractivity contribution in [3.63, 3.8) is 0 Å². The number of aryl methyl sites for hydroxylation is 1. The molecule has 20 heavy (non-hydrogen) atoms. The van der Waals surface area contributed by atoms with Gasteiger partial charge in [-0.05, 0) is 51.0 Å². The minimum atomic E-state index is -0.199. The molecule has 3 nitrogen and oxygen atoms in total. The number of rotatable bonds is 4. The molecule has 0 heterocycles. The molecule has 108 valence electrons. The quantitative estimate of drug-likeness (QED) is 0.829. The number of carbonyl (C=O) groups is 1. The molecular formula is C17H23NO2. The van der Waals surface area contributed by atoms with Crippen LogP contribution in [-0.2, 0) is 0 Å². The maximum atomic E-state index is 12.2. The third-order valence-corrected chi connectivity index (χ3v) is 3.12. The number of amides is 1. The van der Waals surface area contributed by atoms with E-state index >= 15 is 0 Å². The van der Waals surface area contributed by atoms with Gasteiger partial charge in [0.05, 0.1) is 0 Å². The topological polar surface area (TPSA) is 49.3 Å². The molecule has 0 unspecified atom stereocenters. The van der Waals surface area contributed by atoms with Crippen molar-refractivity contribution in [1.29, 1.82) is 0 Å². The molecule has 0 aliphatic rings. The van der Waals surface area contributed by atoms with Crippen LogP contribution in [0.3, 0.4) is 0 Å². The Bertz CT molecular complexity index is 536. The summed E-state index contributed by atoms with van der Waals surface area (Å²) in [4.78, 5) is 12.2. The first-order valence-electron chi connectivity index (χ1n) is 6.92. The third kappa shape index (κ3) is 4.71. The molecular weight excluding hydrogens is 250 g/mol. The Morgan fingerprint density at radius 3 is 2.65 bits per heavy atom. The Kier molecular flexibility index (Phi) is 5.79. The number of hydrogen-bond acceptors (Lipinski definition) is 2. The summed E-state index contributed by atoms with van der Waals surface area (Å²) in [6.45, 7) is 7.92. The predicted octanol–water partition coefficient (Wildman–Crippen LogP) is 2.65. The van der Waals surface area contributed by atoms with Crippen LogP contribution >= 0.6 is 0 Å². The number of hydrogen-bond donors (Lipinski definition) is 2. The minimum Gasteiger partial charge on any atom is -0.384 e. The normalized spacial score (nSPS) is 10.7. The minimum absolute atomic E-state index is 0.0618. The van der Waals surface area contributed by atoms with E-state index in [4.69, 9.17) is 5.11 Å². The number of nitrogens with one attached hydrogen (secondary N) is 1. The Hall–Kier alpha value is -1.79. The van der Waals surface area contributed by atoms with Gasteiger partial charge in [0, 0.05) is 16.7 Å². The smallest absolute Gasteiger partial charge is 0.251 e. The summed E-state index contributed by atoms with van der Waals surface area (Å²) in [6.07, 6.45) is 1.97. The van der Waals surface area contributed by atoms with Crippen LogP contribution in [0.1, 0.15) is 55.1 Å². The largest absolute Gasteiger partial charge is 0.384 e. The average molecular weight is 273 g/mol. The first-order chi connectivity index (χ1) is 9.39. The fraction of sp³-hybridized carbons (Fsp3) is 0.471. The highest BCUT2D eigenvalue weighted by atomic mass is 16.2. The van der Waals surface area contributed by atoms with E-state index < -0.39 is 0 Å². The van der Waals surface area contributed by atoms with E-state index in [9.17, 15) is 4.79 Å². The van der Waals surface area contributed by atoms with E-state index in [-0.39, 0.29) is 18.1 Å². The van der Waals surface area contributed by atoms with Gasteiger partial charge in [-0.25, -0.2) is 0 Å². The van der Waals surface area contributed by atoms with Crippen molar-refractivity contribution >= 4 is 5.91 Å². The molecule has 1 aromatic rings. The van der Waals surface area contributed by atoms with Gasteiger partial charge < -0.3 is 10.4 Å². The second-order valence-corrected chi connectivity index (χ2v) is 5.58. The zero-order valence-corrected chi connectivity index (χ0v) is 12.7. The van der Waals surface area contributed by atoms with Crippen molar-refractivity contribution in [1.82, 2.24) is 5.32 Å². The molecule has 1 rings (SSSR count). The first-order valence-corrected chi connectivity index (χ1v) is 6.92. The van der Waals surface area contributed by atoms with Crippen LogP contribution in [-0.4, -0.2) is 23.2 Å². The van der Waals surface area contributed by atoms with Crippen LogP contribution in [0.4, 0.5) is 0 Å². The van der Waals surface area contributed by atoms with Crippen LogP contribution in [0.2, 0.25) is 0 Å². The zero-order valence-electron chi connectivity index (χ0n) is 12.7. The summed E-state index contributed by atoms with van der Waals surface area (Å²) in [5.74, 6) is 5.42. The molecule has 0 aliphatic carbocycles. The summed E-state index contributed by atoms with van der Waals surface area (Å²) in [5.41, 5.74) is 2.21. The maximum absolute atomic E-state index is 12.2. The number of aliphatic hydroxyl groups is 1. The molecule has 0 saturated carbocycles. The maximum Gasteiger partial charge on any atom is 0.251 e. The third-order valence-electron chi connectivity index (χ3n) is 3.12. The van der Waals surface area contributed by atoms with Crippen LogP contribution < -0.4 is 5.32 Å². The number of carbonyl (C=O) groups excluding carboxylic acids is 1. The molecule has 1 aromatic carbocycles. The van der Waals surface area contributed by atoms with Crippen molar-refractivity contribution in [3.8, 4) is 11.8 Å². The Balaban J connectivity index is 2.88. The summed E-state index contributed by atoms with van der Waals surface area (Å²) in [7, 11) is 0. The van der Waals surface area contributed by atoms with Crippen molar-refractivity contribution in [2.45, 2.75) is 46.1 Å². The summed E-state index contributed by atoms with van der Waals surface area (Å²) >= 11 is 0. The van der Waals surface area contributed by atoms with Gasteiger partial charge in [0.15, 0.2) is 0 Å². The lowest BCUT2D eigenvalue weighted by molar-refractivity contribution is 0.0909. The van der Waals surface area contributed by atoms with Crippen LogP contribution in [0.5, 0.6) is 0 Å². The highest BCUT2D eigenvalue weighted by molar-refractivity contribution is 5.95. The van der Waals surface area contributed by atoms with E-state index in [0.717, 1.165) is 24.0 Å². The van der Waals surface area contributed by atoms with Gasteiger partial charge in [0.1, 0.15) is 6.61 Å². The monoisotopic (exact) mass is 273 g/mol. The van der Waals surface area contributed by atoms with Crippen LogP contribution in [0, 0.1) is 18.8 Å². The fourth-order valence-corrected chi connectivity index (χ4v) is 2.15. The van der Waals surface area contributed by atoms with Crippen molar-refractivity contribution < 1.29 is 9.90 Å². The van der Waals surface area contributed by atoms with Gasteiger partial charge in [-0.3, -0.25) is 4.79 Å². The lowest BCUT2D eigenvalue weighted by atomic mass is 9.97. The highest BCUT2D eigenvalue weighted by Crippen LogP contribution is 2.14. The van der Waals surface area contributed by atoms with Gasteiger partial charge in [-0.2, -0.15) is 0 Å². The molecule has 0 spiro atoms. The fourth-order valence-electron chi connectivity index (χ4n) is 2.15. The lowest BCUT2D eigenvalue weighted by Crippen LogP contribution is -2.43. The summed E-state index contributed by atoms with van der Waals surface area (Å²) < 4.78 is 0. The van der Waals surface area contributed by atoms with Crippen molar-refractivity contribution in [3.05, 3.63) is 34.9 Å². The molecule has 0 bridgehead atoms. The molecule has 0 saturated heterocycles. The summed E-state index contributed by atoms with van der Waals surface area (Å²) in [6, 6.07) is 5.42. The Morgan fingerprint density at radius 2 is 2.10 bits per heavy atom. The van der Waals surface area contributed by atoms with Crippen molar-refractivity contribution in [2.75, 3.05) is 6.61 Å². The van der Waals surface area contributed by atoms with Gasteiger partial charge in [-0.1, -0.05) is 25.2 Å². The highest BCUT2D eigenvalue weighted by Gasteiger charge is 2.20. The van der Waals surface area contributed by atoms with Gasteiger partial charge in [0.2, 0.25) is 0 Å². The number of benzene rings is 1. The molecule has 0 atom stereocenters. The zero-order chi connectivity index (χ0) is 15.2. The standard InChI is InChI=1S/C17H23NO2/c1-5-10-17(3,4)18-16(20)15-9-8-14(7-6-11-19)13(2)12-15/h8-9,12,19H,5,10-11H2,1-4H3,(H,18,20). The molecule has 1 amide bonds. The molecule has 0 aromatic heterocycles. The van der Waals surface area contributed by atoms with E-state index in [1.165, 1.54) is 0 Å². The second-order valence-electron chi connectivity index (χ2n) is 5.58. The van der Waals surface area contributed by atoms with Gasteiger partial charge in [0.25, 0.3) is 5.91 Å². The molecule has 0 fully saturated rings. The van der Waals surface area contributed by atoms with Gasteiger partial charge in [-0.15, -0.1) is 0 Å². The first kappa shape index (κ1) is 16.3. The Morgan fingerprint density at radius 1 is 1.40 bits per heavy atom. The van der Waals surface area contributed by atoms with E-state index in [1.807, 2.05) is 32.9 Å². The number of aliphatic hydroxyl groups excluding tert-OH is 1. The van der Waals surface area contributed by atoms with E-state index in [0.29, 0.717) is 5.56 Å². The lowest BCUT2D eigenvalue weighted by Gasteiger charge is -2.25. The average Bonchev–Trinajstić information content (AvgIpc) is 2.36. The van der Waals surface area contributed by atoms with E-state index in [1.54, 1.807) is 6.07 Å². The molecule has 2 N–H and O–H groups in total. The van der Waals surface area contributed by atoms with E-state index in [2.05, 4.69) is 24.1 Å². The summed E-state index contributed by atoms with van der Waals surface area (Å²) in [5, 5.41) is 11.8. The SMILES string of the molecule is CCCC(C)(C)NC(=O)c1ccc(C#CCO)c(C)c1.